The Hall–Kier alpha value is -2.48. The van der Waals surface area contributed by atoms with E-state index in [0.29, 0.717) is 33.4 Å². The van der Waals surface area contributed by atoms with Gasteiger partial charge in [-0.05, 0) is 54.3 Å². The molecule has 5 nitrogen and oxygen atoms in total. The van der Waals surface area contributed by atoms with Gasteiger partial charge in [0.15, 0.2) is 0 Å². The molecule has 0 saturated carbocycles. The molecular formula is C22H21ClN2O3S2. The van der Waals surface area contributed by atoms with E-state index in [1.807, 2.05) is 42.6 Å². The van der Waals surface area contributed by atoms with Crippen molar-refractivity contribution in [2.24, 2.45) is 0 Å². The lowest BCUT2D eigenvalue weighted by Gasteiger charge is -2.17. The Balaban J connectivity index is 1.69. The molecule has 1 heterocycles. The van der Waals surface area contributed by atoms with Crippen LogP contribution in [0.1, 0.15) is 23.0 Å². The first-order valence-corrected chi connectivity index (χ1v) is 11.4. The number of thiophene rings is 1. The summed E-state index contributed by atoms with van der Waals surface area (Å²) in [5.41, 5.74) is 1.22. The van der Waals surface area contributed by atoms with Crippen LogP contribution in [0.5, 0.6) is 5.75 Å². The number of ether oxygens (including phenoxy) is 1. The first-order valence-electron chi connectivity index (χ1n) is 9.26. The molecule has 8 heteroatoms. The van der Waals surface area contributed by atoms with Crippen molar-refractivity contribution in [1.29, 1.82) is 0 Å². The molecule has 2 N–H and O–H groups in total. The monoisotopic (exact) mass is 460 g/mol. The standard InChI is InChI=1S/C22H21ClN2O3S2/c1-3-19(21(26)25-17-12-14(23)9-10-18(17)28-2)30-16-7-4-6-15(13-16)24-22(27)20-8-5-11-29-20/h4-13,19H,3H2,1-2H3,(H,24,27)(H,25,26). The fraction of sp³-hybridized carbons (Fsp3) is 0.182. The van der Waals surface area contributed by atoms with Gasteiger partial charge in [-0.25, -0.2) is 0 Å². The third-order valence-electron chi connectivity index (χ3n) is 4.20. The van der Waals surface area contributed by atoms with Gasteiger partial charge in [0.05, 0.1) is 22.9 Å². The number of benzene rings is 2. The lowest BCUT2D eigenvalue weighted by atomic mass is 10.2. The van der Waals surface area contributed by atoms with E-state index >= 15 is 0 Å². The summed E-state index contributed by atoms with van der Waals surface area (Å²) in [5.74, 6) is 0.256. The molecule has 1 unspecified atom stereocenters. The summed E-state index contributed by atoms with van der Waals surface area (Å²) >= 11 is 8.88. The maximum Gasteiger partial charge on any atom is 0.265 e. The van der Waals surface area contributed by atoms with Gasteiger partial charge in [0.1, 0.15) is 5.75 Å². The number of nitrogens with one attached hydrogen (secondary N) is 2. The van der Waals surface area contributed by atoms with E-state index in [1.165, 1.54) is 23.1 Å². The van der Waals surface area contributed by atoms with Crippen LogP contribution >= 0.6 is 34.7 Å². The van der Waals surface area contributed by atoms with Gasteiger partial charge in [0.2, 0.25) is 5.91 Å². The van der Waals surface area contributed by atoms with E-state index in [1.54, 1.807) is 31.4 Å². The largest absolute Gasteiger partial charge is 0.495 e. The highest BCUT2D eigenvalue weighted by Gasteiger charge is 2.20. The quantitative estimate of drug-likeness (QED) is 0.394. The fourth-order valence-corrected chi connectivity index (χ4v) is 4.53. The van der Waals surface area contributed by atoms with Crippen LogP contribution in [-0.4, -0.2) is 24.2 Å². The summed E-state index contributed by atoms with van der Waals surface area (Å²) in [6.07, 6.45) is 0.630. The summed E-state index contributed by atoms with van der Waals surface area (Å²) in [4.78, 5) is 26.7. The van der Waals surface area contributed by atoms with E-state index < -0.39 is 0 Å². The van der Waals surface area contributed by atoms with Crippen molar-refractivity contribution in [3.8, 4) is 5.75 Å². The molecule has 0 spiro atoms. The van der Waals surface area contributed by atoms with E-state index in [2.05, 4.69) is 10.6 Å². The van der Waals surface area contributed by atoms with Gasteiger partial charge in [-0.1, -0.05) is 30.7 Å². The molecule has 30 heavy (non-hydrogen) atoms. The van der Waals surface area contributed by atoms with Crippen molar-refractivity contribution in [3.05, 3.63) is 69.9 Å². The molecular weight excluding hydrogens is 440 g/mol. The summed E-state index contributed by atoms with van der Waals surface area (Å²) in [7, 11) is 1.54. The van der Waals surface area contributed by atoms with Crippen molar-refractivity contribution < 1.29 is 14.3 Å². The molecule has 3 rings (SSSR count). The average molecular weight is 461 g/mol. The number of carbonyl (C=O) groups is 2. The van der Waals surface area contributed by atoms with Crippen LogP contribution in [0.15, 0.2) is 64.9 Å². The molecule has 0 aliphatic rings. The van der Waals surface area contributed by atoms with Crippen molar-refractivity contribution in [3.63, 3.8) is 0 Å². The van der Waals surface area contributed by atoms with E-state index in [-0.39, 0.29) is 17.1 Å². The van der Waals surface area contributed by atoms with Gasteiger partial charge in [0.25, 0.3) is 5.91 Å². The summed E-state index contributed by atoms with van der Waals surface area (Å²) in [6.45, 7) is 1.95. The van der Waals surface area contributed by atoms with E-state index in [9.17, 15) is 9.59 Å². The molecule has 2 amide bonds. The topological polar surface area (TPSA) is 67.4 Å². The van der Waals surface area contributed by atoms with Crippen LogP contribution in [0.25, 0.3) is 0 Å². The number of thioether (sulfide) groups is 1. The fourth-order valence-electron chi connectivity index (χ4n) is 2.73. The number of halogens is 1. The van der Waals surface area contributed by atoms with E-state index in [4.69, 9.17) is 16.3 Å². The first-order chi connectivity index (χ1) is 14.5. The van der Waals surface area contributed by atoms with Crippen molar-refractivity contribution >= 4 is 57.9 Å². The van der Waals surface area contributed by atoms with Gasteiger partial charge in [-0.3, -0.25) is 9.59 Å². The Kier molecular flexibility index (Phi) is 7.79. The molecule has 0 aliphatic carbocycles. The number of hydrogen-bond donors (Lipinski definition) is 2. The Bertz CT molecular complexity index is 1020. The third-order valence-corrected chi connectivity index (χ3v) is 6.66. The summed E-state index contributed by atoms with van der Waals surface area (Å²) < 4.78 is 5.30. The third kappa shape index (κ3) is 5.78. The Labute approximate surface area is 188 Å². The van der Waals surface area contributed by atoms with Crippen LogP contribution in [0.4, 0.5) is 11.4 Å². The second kappa shape index (κ2) is 10.5. The Morgan fingerprint density at radius 3 is 2.67 bits per heavy atom. The highest BCUT2D eigenvalue weighted by molar-refractivity contribution is 8.00. The van der Waals surface area contributed by atoms with Gasteiger partial charge >= 0.3 is 0 Å². The minimum atomic E-state index is -0.322. The Morgan fingerprint density at radius 2 is 1.97 bits per heavy atom. The zero-order valence-corrected chi connectivity index (χ0v) is 18.9. The number of anilines is 2. The first kappa shape index (κ1) is 22.2. The van der Waals surface area contributed by atoms with Gasteiger partial charge in [-0.15, -0.1) is 23.1 Å². The molecule has 1 aromatic heterocycles. The average Bonchev–Trinajstić information content (AvgIpc) is 3.27. The summed E-state index contributed by atoms with van der Waals surface area (Å²) in [6, 6.07) is 16.2. The maximum atomic E-state index is 12.8. The van der Waals surface area contributed by atoms with Crippen molar-refractivity contribution in [1.82, 2.24) is 0 Å². The molecule has 0 bridgehead atoms. The minimum Gasteiger partial charge on any atom is -0.495 e. The smallest absolute Gasteiger partial charge is 0.265 e. The van der Waals surface area contributed by atoms with Crippen LogP contribution < -0.4 is 15.4 Å². The predicted octanol–water partition coefficient (Wildman–Crippen LogP) is 6.17. The molecule has 3 aromatic rings. The molecule has 0 aliphatic heterocycles. The maximum absolute atomic E-state index is 12.8. The zero-order chi connectivity index (χ0) is 21.5. The van der Waals surface area contributed by atoms with Crippen LogP contribution in [0, 0.1) is 0 Å². The summed E-state index contributed by atoms with van der Waals surface area (Å²) in [5, 5.41) is 7.85. The lowest BCUT2D eigenvalue weighted by molar-refractivity contribution is -0.115. The van der Waals surface area contributed by atoms with Gasteiger partial charge in [0, 0.05) is 15.6 Å². The van der Waals surface area contributed by atoms with Crippen molar-refractivity contribution in [2.75, 3.05) is 17.7 Å². The minimum absolute atomic E-state index is 0.143. The number of methoxy groups -OCH3 is 1. The molecule has 1 atom stereocenters. The number of rotatable bonds is 8. The van der Waals surface area contributed by atoms with Crippen LogP contribution in [0.2, 0.25) is 5.02 Å². The lowest BCUT2D eigenvalue weighted by Crippen LogP contribution is -2.24. The second-order valence-electron chi connectivity index (χ2n) is 6.31. The molecule has 0 radical (unpaired) electrons. The molecule has 156 valence electrons. The highest BCUT2D eigenvalue weighted by atomic mass is 35.5. The second-order valence-corrected chi connectivity index (χ2v) is 8.97. The predicted molar refractivity (Wildman–Crippen MR) is 125 cm³/mol. The van der Waals surface area contributed by atoms with Crippen molar-refractivity contribution in [2.45, 2.75) is 23.5 Å². The number of amides is 2. The Morgan fingerprint density at radius 1 is 1.13 bits per heavy atom. The van der Waals surface area contributed by atoms with E-state index in [0.717, 1.165) is 4.90 Å². The van der Waals surface area contributed by atoms with Gasteiger partial charge < -0.3 is 15.4 Å². The van der Waals surface area contributed by atoms with Gasteiger partial charge in [-0.2, -0.15) is 0 Å². The molecule has 0 saturated heterocycles. The SMILES string of the molecule is CCC(Sc1cccc(NC(=O)c2cccs2)c1)C(=O)Nc1cc(Cl)ccc1OC. The number of carbonyl (C=O) groups excluding carboxylic acids is 2. The molecule has 0 fully saturated rings. The highest BCUT2D eigenvalue weighted by Crippen LogP contribution is 2.31. The van der Waals surface area contributed by atoms with Crippen LogP contribution in [0.3, 0.4) is 0 Å². The zero-order valence-electron chi connectivity index (χ0n) is 16.5. The normalized spacial score (nSPS) is 11.6. The van der Waals surface area contributed by atoms with Crippen LogP contribution in [-0.2, 0) is 4.79 Å². The molecule has 2 aromatic carbocycles. The number of hydrogen-bond acceptors (Lipinski definition) is 5.